The van der Waals surface area contributed by atoms with Crippen LogP contribution in [0, 0.1) is 0 Å². The van der Waals surface area contributed by atoms with Gasteiger partial charge in [0, 0.05) is 17.8 Å². The minimum Gasteiger partial charge on any atom is -0.494 e. The molecule has 1 heterocycles. The number of anilines is 1. The van der Waals surface area contributed by atoms with Gasteiger partial charge in [0.05, 0.1) is 6.61 Å². The van der Waals surface area contributed by atoms with Gasteiger partial charge < -0.3 is 19.5 Å². The zero-order valence-electron chi connectivity index (χ0n) is 13.5. The Bertz CT molecular complexity index is 738. The topological polar surface area (TPSA) is 56.8 Å². The number of fused-ring (bicyclic) bond motifs is 1. The lowest BCUT2D eigenvalue weighted by molar-refractivity contribution is -0.111. The van der Waals surface area contributed by atoms with Crippen molar-refractivity contribution in [2.24, 2.45) is 0 Å². The van der Waals surface area contributed by atoms with Crippen LogP contribution in [0.4, 0.5) is 5.69 Å². The summed E-state index contributed by atoms with van der Waals surface area (Å²) in [5.41, 5.74) is 1.59. The number of hydrogen-bond acceptors (Lipinski definition) is 4. The predicted molar refractivity (Wildman–Crippen MR) is 92.5 cm³/mol. The molecule has 2 aromatic carbocycles. The van der Waals surface area contributed by atoms with Crippen molar-refractivity contribution in [3.8, 4) is 17.2 Å². The lowest BCUT2D eigenvalue weighted by Crippen LogP contribution is -2.07. The van der Waals surface area contributed by atoms with Crippen LogP contribution in [-0.2, 0) is 4.79 Å². The molecular weight excluding hydrogens is 306 g/mol. The van der Waals surface area contributed by atoms with Crippen LogP contribution in [0.25, 0.3) is 6.08 Å². The average molecular weight is 325 g/mol. The van der Waals surface area contributed by atoms with Crippen LogP contribution in [0.1, 0.15) is 18.9 Å². The van der Waals surface area contributed by atoms with Crippen LogP contribution < -0.4 is 19.5 Å². The molecule has 24 heavy (non-hydrogen) atoms. The van der Waals surface area contributed by atoms with Crippen LogP contribution in [0.2, 0.25) is 0 Å². The monoisotopic (exact) mass is 325 g/mol. The molecule has 1 aliphatic heterocycles. The third kappa shape index (κ3) is 4.07. The highest BCUT2D eigenvalue weighted by molar-refractivity contribution is 6.02. The van der Waals surface area contributed by atoms with Gasteiger partial charge in [-0.2, -0.15) is 0 Å². The molecule has 0 saturated heterocycles. The highest BCUT2D eigenvalue weighted by atomic mass is 16.7. The van der Waals surface area contributed by atoms with Crippen molar-refractivity contribution in [3.63, 3.8) is 0 Å². The molecule has 0 radical (unpaired) electrons. The highest BCUT2D eigenvalue weighted by Crippen LogP contribution is 2.34. The Morgan fingerprint density at radius 3 is 2.75 bits per heavy atom. The first kappa shape index (κ1) is 15.9. The summed E-state index contributed by atoms with van der Waals surface area (Å²) in [4.78, 5) is 12.0. The number of nitrogens with one attached hydrogen (secondary N) is 1. The van der Waals surface area contributed by atoms with Gasteiger partial charge in [-0.1, -0.05) is 19.1 Å². The van der Waals surface area contributed by atoms with Gasteiger partial charge in [0.2, 0.25) is 12.7 Å². The standard InChI is InChI=1S/C19H19NO4/c1-2-11-22-16-7-3-14(4-8-16)5-10-19(21)20-15-6-9-17-18(12-15)24-13-23-17/h3-10,12H,2,11,13H2,1H3,(H,20,21)/b10-5+. The second-order valence-corrected chi connectivity index (χ2v) is 5.31. The molecule has 1 N–H and O–H groups in total. The minimum absolute atomic E-state index is 0.208. The molecule has 0 fully saturated rings. The summed E-state index contributed by atoms with van der Waals surface area (Å²) < 4.78 is 16.1. The summed E-state index contributed by atoms with van der Waals surface area (Å²) in [7, 11) is 0. The number of amides is 1. The van der Waals surface area contributed by atoms with Crippen molar-refractivity contribution in [2.75, 3.05) is 18.7 Å². The fraction of sp³-hybridized carbons (Fsp3) is 0.211. The van der Waals surface area contributed by atoms with E-state index in [1.54, 1.807) is 24.3 Å². The summed E-state index contributed by atoms with van der Waals surface area (Å²) in [6.07, 6.45) is 4.22. The molecule has 0 atom stereocenters. The molecule has 0 aromatic heterocycles. The highest BCUT2D eigenvalue weighted by Gasteiger charge is 2.13. The molecule has 0 unspecified atom stereocenters. The smallest absolute Gasteiger partial charge is 0.248 e. The second kappa shape index (κ2) is 7.55. The van der Waals surface area contributed by atoms with Crippen molar-refractivity contribution in [3.05, 3.63) is 54.1 Å². The van der Waals surface area contributed by atoms with Crippen LogP contribution >= 0.6 is 0 Å². The molecule has 0 saturated carbocycles. The van der Waals surface area contributed by atoms with Crippen molar-refractivity contribution in [2.45, 2.75) is 13.3 Å². The molecule has 5 nitrogen and oxygen atoms in total. The van der Waals surface area contributed by atoms with E-state index in [0.29, 0.717) is 23.8 Å². The lowest BCUT2D eigenvalue weighted by Gasteiger charge is -2.04. The number of ether oxygens (including phenoxy) is 3. The predicted octanol–water partition coefficient (Wildman–Crippen LogP) is 3.86. The summed E-state index contributed by atoms with van der Waals surface area (Å²) in [6, 6.07) is 12.9. The van der Waals surface area contributed by atoms with Crippen LogP contribution in [0.3, 0.4) is 0 Å². The van der Waals surface area contributed by atoms with E-state index in [4.69, 9.17) is 14.2 Å². The van der Waals surface area contributed by atoms with E-state index in [2.05, 4.69) is 12.2 Å². The Morgan fingerprint density at radius 1 is 1.17 bits per heavy atom. The summed E-state index contributed by atoms with van der Waals surface area (Å²) in [6.45, 7) is 2.98. The van der Waals surface area contributed by atoms with Crippen molar-refractivity contribution in [1.82, 2.24) is 0 Å². The molecular formula is C19H19NO4. The van der Waals surface area contributed by atoms with E-state index in [-0.39, 0.29) is 12.7 Å². The fourth-order valence-corrected chi connectivity index (χ4v) is 2.23. The van der Waals surface area contributed by atoms with Gasteiger partial charge in [0.1, 0.15) is 5.75 Å². The molecule has 0 aliphatic carbocycles. The summed E-state index contributed by atoms with van der Waals surface area (Å²) in [5.74, 6) is 1.95. The molecule has 2 aromatic rings. The second-order valence-electron chi connectivity index (χ2n) is 5.31. The summed E-state index contributed by atoms with van der Waals surface area (Å²) in [5, 5.41) is 2.80. The van der Waals surface area contributed by atoms with E-state index in [1.807, 2.05) is 24.3 Å². The quantitative estimate of drug-likeness (QED) is 0.820. The van der Waals surface area contributed by atoms with Crippen molar-refractivity contribution in [1.29, 1.82) is 0 Å². The molecule has 1 amide bonds. The van der Waals surface area contributed by atoms with E-state index >= 15 is 0 Å². The minimum atomic E-state index is -0.208. The van der Waals surface area contributed by atoms with Gasteiger partial charge in [-0.25, -0.2) is 0 Å². The van der Waals surface area contributed by atoms with Gasteiger partial charge in [-0.3, -0.25) is 4.79 Å². The Morgan fingerprint density at radius 2 is 1.96 bits per heavy atom. The summed E-state index contributed by atoms with van der Waals surface area (Å²) >= 11 is 0. The van der Waals surface area contributed by atoms with Crippen LogP contribution in [-0.4, -0.2) is 19.3 Å². The van der Waals surface area contributed by atoms with Crippen LogP contribution in [0.5, 0.6) is 17.2 Å². The van der Waals surface area contributed by atoms with E-state index in [0.717, 1.165) is 17.7 Å². The molecule has 0 bridgehead atoms. The molecule has 3 rings (SSSR count). The van der Waals surface area contributed by atoms with Crippen molar-refractivity contribution >= 4 is 17.7 Å². The lowest BCUT2D eigenvalue weighted by atomic mass is 10.2. The third-order valence-corrected chi connectivity index (χ3v) is 3.42. The Labute approximate surface area is 140 Å². The third-order valence-electron chi connectivity index (χ3n) is 3.42. The number of carbonyl (C=O) groups is 1. The first-order valence-corrected chi connectivity index (χ1v) is 7.86. The maximum absolute atomic E-state index is 12.0. The van der Waals surface area contributed by atoms with Gasteiger partial charge in [0.25, 0.3) is 0 Å². The van der Waals surface area contributed by atoms with E-state index in [9.17, 15) is 4.79 Å². The van der Waals surface area contributed by atoms with Gasteiger partial charge in [-0.15, -0.1) is 0 Å². The van der Waals surface area contributed by atoms with Crippen molar-refractivity contribution < 1.29 is 19.0 Å². The van der Waals surface area contributed by atoms with E-state index in [1.165, 1.54) is 6.08 Å². The molecule has 0 spiro atoms. The zero-order valence-corrected chi connectivity index (χ0v) is 13.5. The zero-order chi connectivity index (χ0) is 16.8. The number of hydrogen-bond donors (Lipinski definition) is 1. The fourth-order valence-electron chi connectivity index (χ4n) is 2.23. The molecule has 124 valence electrons. The first-order chi connectivity index (χ1) is 11.7. The largest absolute Gasteiger partial charge is 0.494 e. The average Bonchev–Trinajstić information content (AvgIpc) is 3.07. The maximum atomic E-state index is 12.0. The number of rotatable bonds is 6. The Balaban J connectivity index is 1.57. The Hall–Kier alpha value is -2.95. The Kier molecular flexibility index (Phi) is 5.01. The number of benzene rings is 2. The molecule has 5 heteroatoms. The number of carbonyl (C=O) groups excluding carboxylic acids is 1. The van der Waals surface area contributed by atoms with Gasteiger partial charge in [-0.05, 0) is 42.3 Å². The maximum Gasteiger partial charge on any atom is 0.248 e. The van der Waals surface area contributed by atoms with E-state index < -0.39 is 0 Å². The van der Waals surface area contributed by atoms with Crippen LogP contribution in [0.15, 0.2) is 48.5 Å². The SMILES string of the molecule is CCCOc1ccc(/C=C/C(=O)Nc2ccc3c(c2)OCO3)cc1. The first-order valence-electron chi connectivity index (χ1n) is 7.86. The molecule has 1 aliphatic rings. The van der Waals surface area contributed by atoms with Gasteiger partial charge in [0.15, 0.2) is 11.5 Å². The normalized spacial score (nSPS) is 12.4. The van der Waals surface area contributed by atoms with Gasteiger partial charge >= 0.3 is 0 Å².